The normalized spacial score (nSPS) is 14.1. The van der Waals surface area contributed by atoms with Gasteiger partial charge in [0.25, 0.3) is 0 Å². The minimum absolute atomic E-state index is 0.0248. The average Bonchev–Trinajstić information content (AvgIpc) is 3.07. The lowest BCUT2D eigenvalue weighted by Gasteiger charge is -2.24. The minimum atomic E-state index is -4.38. The van der Waals surface area contributed by atoms with Gasteiger partial charge in [-0.3, -0.25) is 18.6 Å². The summed E-state index contributed by atoms with van der Waals surface area (Å²) in [5.41, 5.74) is 0. The van der Waals surface area contributed by atoms with Crippen molar-refractivity contribution in [3.8, 4) is 0 Å². The highest BCUT2D eigenvalue weighted by Gasteiger charge is 2.27. The Labute approximate surface area is 312 Å². The van der Waals surface area contributed by atoms with Gasteiger partial charge in [0.2, 0.25) is 0 Å². The lowest BCUT2D eigenvalue weighted by atomic mass is 10.0. The van der Waals surface area contributed by atoms with Crippen molar-refractivity contribution in [2.24, 2.45) is 0 Å². The molecule has 0 aliphatic heterocycles. The summed E-state index contributed by atoms with van der Waals surface area (Å²) >= 11 is 0. The number of quaternary nitrogens is 1. The van der Waals surface area contributed by atoms with Gasteiger partial charge in [0.05, 0.1) is 27.7 Å². The fourth-order valence-electron chi connectivity index (χ4n) is 5.20. The monoisotopic (exact) mass is 743 g/mol. The fourth-order valence-corrected chi connectivity index (χ4v) is 5.94. The number of phosphoric ester groups is 1. The van der Waals surface area contributed by atoms with Gasteiger partial charge in [-0.1, -0.05) is 134 Å². The number of phosphoric acid groups is 1. The third-order valence-electron chi connectivity index (χ3n) is 8.42. The van der Waals surface area contributed by atoms with E-state index in [-0.39, 0.29) is 32.0 Å². The molecule has 0 amide bonds. The van der Waals surface area contributed by atoms with Crippen LogP contribution in [0.25, 0.3) is 0 Å². The topological polar surface area (TPSA) is 108 Å². The SMILES string of the molecule is CCCCC/C=C\C/C=C\C/C=C\CCCCC(=O)O[C@H](COC(=O)CCCCCCCCCCCCCC)COP(=O)(O)OCC[N+](C)(C)C. The highest BCUT2D eigenvalue weighted by atomic mass is 31.2. The summed E-state index contributed by atoms with van der Waals surface area (Å²) in [5, 5.41) is 0. The summed E-state index contributed by atoms with van der Waals surface area (Å²) in [5.74, 6) is -0.844. The smallest absolute Gasteiger partial charge is 0.462 e. The van der Waals surface area contributed by atoms with Gasteiger partial charge in [0.15, 0.2) is 6.10 Å². The number of nitrogens with zero attached hydrogens (tertiary/aromatic N) is 1. The molecule has 298 valence electrons. The first kappa shape index (κ1) is 49.2. The van der Waals surface area contributed by atoms with E-state index in [0.717, 1.165) is 51.4 Å². The van der Waals surface area contributed by atoms with E-state index in [2.05, 4.69) is 50.3 Å². The van der Waals surface area contributed by atoms with Gasteiger partial charge in [-0.25, -0.2) is 4.57 Å². The van der Waals surface area contributed by atoms with Gasteiger partial charge < -0.3 is 18.9 Å². The molecule has 0 rings (SSSR count). The van der Waals surface area contributed by atoms with E-state index < -0.39 is 26.5 Å². The van der Waals surface area contributed by atoms with Crippen molar-refractivity contribution in [1.82, 2.24) is 0 Å². The molecule has 0 aromatic heterocycles. The summed E-state index contributed by atoms with van der Waals surface area (Å²) < 4.78 is 34.1. The predicted octanol–water partition coefficient (Wildman–Crippen LogP) is 11.0. The molecule has 0 heterocycles. The van der Waals surface area contributed by atoms with Crippen molar-refractivity contribution in [2.75, 3.05) is 47.5 Å². The summed E-state index contributed by atoms with van der Waals surface area (Å²) in [6.45, 7) is 4.33. The molecular weight excluding hydrogens is 665 g/mol. The molecule has 0 aromatic rings. The van der Waals surface area contributed by atoms with E-state index in [1.54, 1.807) is 0 Å². The largest absolute Gasteiger partial charge is 0.472 e. The molecule has 0 aliphatic carbocycles. The number of unbranched alkanes of at least 4 members (excludes halogenated alkanes) is 16. The first-order valence-corrected chi connectivity index (χ1v) is 21.7. The Kier molecular flexibility index (Phi) is 32.8. The molecule has 0 saturated carbocycles. The first-order chi connectivity index (χ1) is 24.5. The van der Waals surface area contributed by atoms with Crippen molar-refractivity contribution in [2.45, 2.75) is 168 Å². The highest BCUT2D eigenvalue weighted by Crippen LogP contribution is 2.43. The van der Waals surface area contributed by atoms with E-state index in [0.29, 0.717) is 17.4 Å². The Hall–Kier alpha value is -1.77. The van der Waals surface area contributed by atoms with Gasteiger partial charge in [-0.15, -0.1) is 0 Å². The number of allylic oxidation sites excluding steroid dienone is 6. The zero-order valence-corrected chi connectivity index (χ0v) is 34.2. The average molecular weight is 743 g/mol. The number of likely N-dealkylation sites (N-methyl/N-ethyl adjacent to an activating group) is 1. The Morgan fingerprint density at radius 1 is 0.608 bits per heavy atom. The Bertz CT molecular complexity index is 975. The van der Waals surface area contributed by atoms with Gasteiger partial charge >= 0.3 is 19.8 Å². The molecule has 1 unspecified atom stereocenters. The van der Waals surface area contributed by atoms with Gasteiger partial charge in [0, 0.05) is 12.8 Å². The van der Waals surface area contributed by atoms with Crippen LogP contribution in [0, 0.1) is 0 Å². The number of carbonyl (C=O) groups is 2. The standard InChI is InChI=1S/C41H76NO8P/c1-6-8-10-12-14-16-18-20-21-22-24-26-28-30-32-34-41(44)50-39(38-49-51(45,46)48-36-35-42(3,4)5)37-47-40(43)33-31-29-27-25-23-19-17-15-13-11-9-7-2/h14,16,20-21,24,26,39H,6-13,15,17-19,22-23,25,27-38H2,1-5H3/p+1/b16-14-,21-20-,26-24-/t39-/m1/s1. The van der Waals surface area contributed by atoms with E-state index in [1.807, 2.05) is 21.1 Å². The number of ether oxygens (including phenoxy) is 2. The second-order valence-electron chi connectivity index (χ2n) is 14.7. The molecule has 0 aliphatic rings. The van der Waals surface area contributed by atoms with E-state index in [4.69, 9.17) is 18.5 Å². The van der Waals surface area contributed by atoms with E-state index in [9.17, 15) is 19.0 Å². The molecule has 10 heteroatoms. The zero-order valence-electron chi connectivity index (χ0n) is 33.3. The van der Waals surface area contributed by atoms with Crippen LogP contribution >= 0.6 is 7.82 Å². The first-order valence-electron chi connectivity index (χ1n) is 20.2. The lowest BCUT2D eigenvalue weighted by Crippen LogP contribution is -2.37. The van der Waals surface area contributed by atoms with Crippen LogP contribution in [0.15, 0.2) is 36.5 Å². The van der Waals surface area contributed by atoms with Crippen molar-refractivity contribution >= 4 is 19.8 Å². The zero-order chi connectivity index (χ0) is 37.9. The molecule has 51 heavy (non-hydrogen) atoms. The third kappa shape index (κ3) is 37.8. The summed E-state index contributed by atoms with van der Waals surface area (Å²) in [7, 11) is 1.45. The lowest BCUT2D eigenvalue weighted by molar-refractivity contribution is -0.870. The van der Waals surface area contributed by atoms with Crippen LogP contribution < -0.4 is 0 Å². The van der Waals surface area contributed by atoms with Crippen LogP contribution in [0.3, 0.4) is 0 Å². The molecule has 0 saturated heterocycles. The molecule has 0 bridgehead atoms. The maximum absolute atomic E-state index is 12.6. The molecule has 1 N–H and O–H groups in total. The Balaban J connectivity index is 4.49. The number of hydrogen-bond acceptors (Lipinski definition) is 7. The summed E-state index contributed by atoms with van der Waals surface area (Å²) in [6.07, 6.45) is 36.2. The third-order valence-corrected chi connectivity index (χ3v) is 9.41. The fraction of sp³-hybridized carbons (Fsp3) is 0.805. The van der Waals surface area contributed by atoms with Gasteiger partial charge in [0.1, 0.15) is 19.8 Å². The number of esters is 2. The maximum Gasteiger partial charge on any atom is 0.472 e. The van der Waals surface area contributed by atoms with Crippen LogP contribution in [0.1, 0.15) is 162 Å². The van der Waals surface area contributed by atoms with Crippen LogP contribution in [0.2, 0.25) is 0 Å². The van der Waals surface area contributed by atoms with Crippen molar-refractivity contribution < 1.29 is 42.1 Å². The quantitative estimate of drug-likeness (QED) is 0.0222. The molecule has 0 aromatic carbocycles. The van der Waals surface area contributed by atoms with Crippen molar-refractivity contribution in [3.05, 3.63) is 36.5 Å². The Morgan fingerprint density at radius 3 is 1.61 bits per heavy atom. The molecule has 0 radical (unpaired) electrons. The van der Waals surface area contributed by atoms with E-state index in [1.165, 1.54) is 77.0 Å². The molecule has 9 nitrogen and oxygen atoms in total. The van der Waals surface area contributed by atoms with Crippen molar-refractivity contribution in [1.29, 1.82) is 0 Å². The van der Waals surface area contributed by atoms with Crippen LogP contribution in [-0.2, 0) is 32.7 Å². The van der Waals surface area contributed by atoms with Crippen LogP contribution in [0.5, 0.6) is 0 Å². The highest BCUT2D eigenvalue weighted by molar-refractivity contribution is 7.47. The molecule has 0 fully saturated rings. The van der Waals surface area contributed by atoms with E-state index >= 15 is 0 Å². The number of rotatable bonds is 36. The molecule has 0 spiro atoms. The van der Waals surface area contributed by atoms with Crippen LogP contribution in [-0.4, -0.2) is 74.9 Å². The number of hydrogen-bond donors (Lipinski definition) is 1. The second-order valence-corrected chi connectivity index (χ2v) is 16.1. The van der Waals surface area contributed by atoms with Crippen LogP contribution in [0.4, 0.5) is 0 Å². The predicted molar refractivity (Wildman–Crippen MR) is 210 cm³/mol. The van der Waals surface area contributed by atoms with Crippen molar-refractivity contribution in [3.63, 3.8) is 0 Å². The number of carbonyl (C=O) groups excluding carboxylic acids is 2. The molecule has 2 atom stereocenters. The maximum atomic E-state index is 12.6. The Morgan fingerprint density at radius 2 is 1.06 bits per heavy atom. The summed E-state index contributed by atoms with van der Waals surface area (Å²) in [6, 6.07) is 0. The van der Waals surface area contributed by atoms with Gasteiger partial charge in [-0.2, -0.15) is 0 Å². The molecular formula is C41H77NO8P+. The van der Waals surface area contributed by atoms with Gasteiger partial charge in [-0.05, 0) is 51.4 Å². The summed E-state index contributed by atoms with van der Waals surface area (Å²) in [4.78, 5) is 35.2. The minimum Gasteiger partial charge on any atom is -0.462 e. The second kappa shape index (κ2) is 34.0.